The number of hydrogen-bond acceptors (Lipinski definition) is 2. The molecule has 4 heteroatoms. The van der Waals surface area contributed by atoms with Gasteiger partial charge in [-0.05, 0) is 74.6 Å². The topological polar surface area (TPSA) is 29.3 Å². The number of aromatic nitrogens is 2. The maximum absolute atomic E-state index is 13.6. The minimum absolute atomic E-state index is 0.162. The molecule has 2 aromatic heterocycles. The van der Waals surface area contributed by atoms with Gasteiger partial charge in [0, 0.05) is 18.4 Å². The van der Waals surface area contributed by atoms with Gasteiger partial charge >= 0.3 is 0 Å². The smallest absolute Gasteiger partial charge is 0.160 e. The van der Waals surface area contributed by atoms with Crippen molar-refractivity contribution in [2.45, 2.75) is 47.6 Å². The van der Waals surface area contributed by atoms with Crippen LogP contribution in [0.15, 0.2) is 24.4 Å². The van der Waals surface area contributed by atoms with Gasteiger partial charge in [0.2, 0.25) is 0 Å². The Bertz CT molecular complexity index is 909. The van der Waals surface area contributed by atoms with E-state index in [9.17, 15) is 4.39 Å². The predicted octanol–water partition coefficient (Wildman–Crippen LogP) is 4.88. The van der Waals surface area contributed by atoms with Crippen LogP contribution in [-0.4, -0.2) is 9.38 Å². The maximum Gasteiger partial charge on any atom is 0.160 e. The highest BCUT2D eigenvalue weighted by Gasteiger charge is 2.12. The molecule has 0 unspecified atom stereocenters. The zero-order valence-corrected chi connectivity index (χ0v) is 15.0. The van der Waals surface area contributed by atoms with Crippen molar-refractivity contribution in [1.29, 1.82) is 0 Å². The molecule has 2 heterocycles. The molecule has 3 aromatic rings. The van der Waals surface area contributed by atoms with Gasteiger partial charge in [0.05, 0.1) is 11.4 Å². The number of fused-ring (bicyclic) bond motifs is 1. The normalized spacial score (nSPS) is 11.2. The van der Waals surface area contributed by atoms with Crippen molar-refractivity contribution < 1.29 is 4.39 Å². The third-order valence-corrected chi connectivity index (χ3v) is 4.70. The molecular formula is C20H24FN3. The van der Waals surface area contributed by atoms with Crippen LogP contribution in [0, 0.1) is 33.5 Å². The second-order valence-electron chi connectivity index (χ2n) is 6.47. The predicted molar refractivity (Wildman–Crippen MR) is 97.2 cm³/mol. The van der Waals surface area contributed by atoms with Crippen molar-refractivity contribution in [3.8, 4) is 0 Å². The van der Waals surface area contributed by atoms with Gasteiger partial charge in [-0.2, -0.15) is 0 Å². The number of pyridine rings is 1. The van der Waals surface area contributed by atoms with Crippen LogP contribution in [0.4, 0.5) is 10.1 Å². The van der Waals surface area contributed by atoms with Crippen LogP contribution in [0.3, 0.4) is 0 Å². The van der Waals surface area contributed by atoms with Crippen molar-refractivity contribution >= 4 is 11.3 Å². The molecule has 24 heavy (non-hydrogen) atoms. The van der Waals surface area contributed by atoms with E-state index in [0.717, 1.165) is 40.3 Å². The number of hydrogen-bond donors (Lipinski definition) is 1. The number of benzene rings is 1. The lowest BCUT2D eigenvalue weighted by Crippen LogP contribution is -2.07. The van der Waals surface area contributed by atoms with E-state index >= 15 is 0 Å². The first-order valence-corrected chi connectivity index (χ1v) is 8.38. The lowest BCUT2D eigenvalue weighted by atomic mass is 9.99. The number of rotatable bonds is 4. The molecule has 0 spiro atoms. The first-order valence-electron chi connectivity index (χ1n) is 8.38. The fourth-order valence-corrected chi connectivity index (χ4v) is 3.23. The molecule has 0 bridgehead atoms. The summed E-state index contributed by atoms with van der Waals surface area (Å²) in [5, 5.41) is 3.51. The zero-order chi connectivity index (χ0) is 17.4. The van der Waals surface area contributed by atoms with Crippen molar-refractivity contribution in [1.82, 2.24) is 9.38 Å². The molecule has 0 saturated heterocycles. The molecule has 3 nitrogen and oxygen atoms in total. The summed E-state index contributed by atoms with van der Waals surface area (Å²) in [6, 6.07) is 5.36. The molecule has 0 fully saturated rings. The summed E-state index contributed by atoms with van der Waals surface area (Å²) in [6.07, 6.45) is 2.93. The standard InChI is InChI=1S/C20H24FN3/c1-6-16-9-17(21)8-13(3)18(16)10-22-19-7-12(2)11-24-15(5)14(4)23-20(19)24/h7-9,11,22H,6,10H2,1-5H3. The molecule has 126 valence electrons. The molecule has 0 atom stereocenters. The molecule has 1 aromatic carbocycles. The first kappa shape index (κ1) is 16.5. The van der Waals surface area contributed by atoms with Crippen molar-refractivity contribution in [3.05, 3.63) is 63.9 Å². The Balaban J connectivity index is 1.99. The monoisotopic (exact) mass is 325 g/mol. The van der Waals surface area contributed by atoms with Crippen LogP contribution in [-0.2, 0) is 13.0 Å². The van der Waals surface area contributed by atoms with Crippen LogP contribution in [0.1, 0.15) is 40.6 Å². The third-order valence-electron chi connectivity index (χ3n) is 4.70. The van der Waals surface area contributed by atoms with Gasteiger partial charge in [-0.1, -0.05) is 6.92 Å². The van der Waals surface area contributed by atoms with Gasteiger partial charge in [-0.3, -0.25) is 0 Å². The minimum atomic E-state index is -0.162. The van der Waals surface area contributed by atoms with E-state index in [1.54, 1.807) is 12.1 Å². The zero-order valence-electron chi connectivity index (χ0n) is 15.0. The maximum atomic E-state index is 13.6. The minimum Gasteiger partial charge on any atom is -0.378 e. The molecule has 0 aliphatic rings. The Labute approximate surface area is 142 Å². The SMILES string of the molecule is CCc1cc(F)cc(C)c1CNc1cc(C)cn2c(C)c(C)nc12. The van der Waals surface area contributed by atoms with Gasteiger partial charge in [-0.15, -0.1) is 0 Å². The summed E-state index contributed by atoms with van der Waals surface area (Å²) in [7, 11) is 0. The third kappa shape index (κ3) is 2.88. The molecule has 0 aliphatic carbocycles. The van der Waals surface area contributed by atoms with Crippen LogP contribution in [0.2, 0.25) is 0 Å². The number of nitrogens with zero attached hydrogens (tertiary/aromatic N) is 2. The summed E-state index contributed by atoms with van der Waals surface area (Å²) in [5.41, 5.74) is 8.53. The van der Waals surface area contributed by atoms with Gasteiger partial charge in [0.25, 0.3) is 0 Å². The molecule has 0 saturated carbocycles. The van der Waals surface area contributed by atoms with Crippen LogP contribution in [0.5, 0.6) is 0 Å². The fourth-order valence-electron chi connectivity index (χ4n) is 3.23. The highest BCUT2D eigenvalue weighted by molar-refractivity contribution is 5.69. The van der Waals surface area contributed by atoms with Crippen LogP contribution >= 0.6 is 0 Å². The Hall–Kier alpha value is -2.36. The summed E-state index contributed by atoms with van der Waals surface area (Å²) in [5.74, 6) is -0.162. The highest BCUT2D eigenvalue weighted by atomic mass is 19.1. The van der Waals surface area contributed by atoms with E-state index in [1.165, 1.54) is 11.1 Å². The molecule has 3 rings (SSSR count). The van der Waals surface area contributed by atoms with Gasteiger partial charge in [0.1, 0.15) is 5.82 Å². The summed E-state index contributed by atoms with van der Waals surface area (Å²) >= 11 is 0. The quantitative estimate of drug-likeness (QED) is 0.740. The van der Waals surface area contributed by atoms with Crippen molar-refractivity contribution in [2.75, 3.05) is 5.32 Å². The van der Waals surface area contributed by atoms with Crippen molar-refractivity contribution in [2.24, 2.45) is 0 Å². The Kier molecular flexibility index (Phi) is 4.31. The van der Waals surface area contributed by atoms with Gasteiger partial charge in [0.15, 0.2) is 5.65 Å². The van der Waals surface area contributed by atoms with E-state index in [2.05, 4.69) is 47.7 Å². The number of imidazole rings is 1. The first-order chi connectivity index (χ1) is 11.4. The Morgan fingerprint density at radius 2 is 1.88 bits per heavy atom. The second-order valence-corrected chi connectivity index (χ2v) is 6.47. The van der Waals surface area contributed by atoms with E-state index in [1.807, 2.05) is 13.8 Å². The summed E-state index contributed by atoms with van der Waals surface area (Å²) in [6.45, 7) is 10.9. The molecule has 0 amide bonds. The van der Waals surface area contributed by atoms with E-state index < -0.39 is 0 Å². The Morgan fingerprint density at radius 3 is 2.58 bits per heavy atom. The molecule has 0 radical (unpaired) electrons. The largest absolute Gasteiger partial charge is 0.378 e. The van der Waals surface area contributed by atoms with E-state index in [4.69, 9.17) is 0 Å². The fraction of sp³-hybridized carbons (Fsp3) is 0.350. The molecule has 0 aliphatic heterocycles. The lowest BCUT2D eigenvalue weighted by molar-refractivity contribution is 0.623. The van der Waals surface area contributed by atoms with Crippen molar-refractivity contribution in [3.63, 3.8) is 0 Å². The average molecular weight is 325 g/mol. The number of aryl methyl sites for hydroxylation is 5. The molecule has 1 N–H and O–H groups in total. The molecular weight excluding hydrogens is 301 g/mol. The van der Waals surface area contributed by atoms with Gasteiger partial charge < -0.3 is 9.72 Å². The highest BCUT2D eigenvalue weighted by Crippen LogP contribution is 2.24. The second kappa shape index (κ2) is 6.27. The van der Waals surface area contributed by atoms with Crippen LogP contribution in [0.25, 0.3) is 5.65 Å². The summed E-state index contributed by atoms with van der Waals surface area (Å²) in [4.78, 5) is 4.69. The van der Waals surface area contributed by atoms with E-state index in [0.29, 0.717) is 6.54 Å². The van der Waals surface area contributed by atoms with Gasteiger partial charge in [-0.25, -0.2) is 9.37 Å². The van der Waals surface area contributed by atoms with Crippen LogP contribution < -0.4 is 5.32 Å². The number of halogens is 1. The summed E-state index contributed by atoms with van der Waals surface area (Å²) < 4.78 is 15.8. The van der Waals surface area contributed by atoms with E-state index in [-0.39, 0.29) is 5.82 Å². The lowest BCUT2D eigenvalue weighted by Gasteiger charge is -2.15. The average Bonchev–Trinajstić information content (AvgIpc) is 2.81. The Morgan fingerprint density at radius 1 is 1.12 bits per heavy atom. The number of nitrogens with one attached hydrogen (secondary N) is 1. The number of anilines is 1.